The van der Waals surface area contributed by atoms with Crippen LogP contribution in [0.3, 0.4) is 0 Å². The van der Waals surface area contributed by atoms with Gasteiger partial charge in [-0.3, -0.25) is 0 Å². The van der Waals surface area contributed by atoms with Crippen LogP contribution in [-0.4, -0.2) is 24.7 Å². The number of nitriles is 1. The third kappa shape index (κ3) is 1.64. The molecule has 2 N–H and O–H groups in total. The first-order valence-electron chi connectivity index (χ1n) is 3.82. The number of halogens is 1. The molecular formula is C7H4BrN7. The number of rotatable bonds is 1. The number of nitrogens with zero attached hydrogens (tertiary/aromatic N) is 6. The van der Waals surface area contributed by atoms with Crippen LogP contribution in [0.2, 0.25) is 0 Å². The third-order valence-electron chi connectivity index (χ3n) is 1.57. The molecule has 0 aliphatic rings. The Hall–Kier alpha value is -2.01. The molecule has 0 saturated heterocycles. The lowest BCUT2D eigenvalue weighted by molar-refractivity contribution is 0.814. The van der Waals surface area contributed by atoms with Crippen LogP contribution < -0.4 is 5.73 Å². The maximum absolute atomic E-state index is 8.82. The van der Waals surface area contributed by atoms with E-state index in [0.29, 0.717) is 4.73 Å². The van der Waals surface area contributed by atoms with E-state index in [1.165, 1.54) is 17.1 Å². The summed E-state index contributed by atoms with van der Waals surface area (Å²) in [6.07, 6.45) is 2.89. The highest BCUT2D eigenvalue weighted by Crippen LogP contribution is 2.14. The fourth-order valence-electron chi connectivity index (χ4n) is 1.01. The molecule has 0 amide bonds. The molecule has 0 radical (unpaired) electrons. The molecule has 15 heavy (non-hydrogen) atoms. The van der Waals surface area contributed by atoms with Gasteiger partial charge in [-0.05, 0) is 15.9 Å². The van der Waals surface area contributed by atoms with Crippen molar-refractivity contribution in [2.45, 2.75) is 0 Å². The Balaban J connectivity index is 2.64. The third-order valence-corrected chi connectivity index (χ3v) is 2.08. The fourth-order valence-corrected chi connectivity index (χ4v) is 1.44. The van der Waals surface area contributed by atoms with Gasteiger partial charge >= 0.3 is 0 Å². The summed E-state index contributed by atoms with van der Waals surface area (Å²) in [5.41, 5.74) is 5.56. The van der Waals surface area contributed by atoms with Crippen LogP contribution in [0.1, 0.15) is 5.69 Å². The van der Waals surface area contributed by atoms with Gasteiger partial charge in [0, 0.05) is 12.4 Å². The molecule has 74 valence electrons. The summed E-state index contributed by atoms with van der Waals surface area (Å²) in [7, 11) is 0. The van der Waals surface area contributed by atoms with Gasteiger partial charge in [0.1, 0.15) is 6.07 Å². The van der Waals surface area contributed by atoms with Gasteiger partial charge in [-0.2, -0.15) is 14.9 Å². The molecule has 2 aromatic heterocycles. The second-order valence-electron chi connectivity index (χ2n) is 2.49. The Morgan fingerprint density at radius 3 is 2.73 bits per heavy atom. The molecular weight excluding hydrogens is 262 g/mol. The van der Waals surface area contributed by atoms with Gasteiger partial charge in [0.15, 0.2) is 11.5 Å². The molecule has 2 rings (SSSR count). The summed E-state index contributed by atoms with van der Waals surface area (Å²) in [5.74, 6) is 0.382. The summed E-state index contributed by atoms with van der Waals surface area (Å²) < 4.78 is 1.68. The predicted octanol–water partition coefficient (Wildman–Crippen LogP) is 0.274. The number of hydrogen-bond acceptors (Lipinski definition) is 6. The summed E-state index contributed by atoms with van der Waals surface area (Å²) in [5, 5.41) is 12.7. The number of anilines is 1. The molecule has 0 aliphatic heterocycles. The SMILES string of the molecule is N#Cc1nccnc1-n1nc(N)nc1Br. The quantitative estimate of drug-likeness (QED) is 0.794. The molecule has 8 heteroatoms. The lowest BCUT2D eigenvalue weighted by Crippen LogP contribution is -2.04. The zero-order chi connectivity index (χ0) is 10.8. The van der Waals surface area contributed by atoms with Crippen molar-refractivity contribution in [1.82, 2.24) is 24.7 Å². The van der Waals surface area contributed by atoms with Crippen LogP contribution in [0.15, 0.2) is 17.1 Å². The fraction of sp³-hybridized carbons (Fsp3) is 0. The summed E-state index contributed by atoms with van der Waals surface area (Å²) >= 11 is 3.15. The van der Waals surface area contributed by atoms with Crippen LogP contribution in [-0.2, 0) is 0 Å². The molecule has 0 fully saturated rings. The van der Waals surface area contributed by atoms with E-state index >= 15 is 0 Å². The highest BCUT2D eigenvalue weighted by atomic mass is 79.9. The van der Waals surface area contributed by atoms with E-state index in [2.05, 4.69) is 36.0 Å². The van der Waals surface area contributed by atoms with E-state index in [9.17, 15) is 0 Å². The average Bonchev–Trinajstić information content (AvgIpc) is 2.57. The van der Waals surface area contributed by atoms with Crippen molar-refractivity contribution in [3.05, 3.63) is 22.8 Å². The average molecular weight is 266 g/mol. The first-order valence-corrected chi connectivity index (χ1v) is 4.61. The van der Waals surface area contributed by atoms with Gasteiger partial charge in [-0.25, -0.2) is 9.97 Å². The van der Waals surface area contributed by atoms with Gasteiger partial charge < -0.3 is 5.73 Å². The summed E-state index contributed by atoms with van der Waals surface area (Å²) in [4.78, 5) is 11.7. The topological polar surface area (TPSA) is 106 Å². The van der Waals surface area contributed by atoms with Gasteiger partial charge in [0.25, 0.3) is 0 Å². The van der Waals surface area contributed by atoms with Crippen molar-refractivity contribution in [3.63, 3.8) is 0 Å². The second kappa shape index (κ2) is 3.62. The zero-order valence-corrected chi connectivity index (χ0v) is 8.88. The first kappa shape index (κ1) is 9.54. The van der Waals surface area contributed by atoms with E-state index in [1.807, 2.05) is 6.07 Å². The Bertz CT molecular complexity index is 541. The lowest BCUT2D eigenvalue weighted by Gasteiger charge is -2.00. The van der Waals surface area contributed by atoms with Crippen molar-refractivity contribution in [1.29, 1.82) is 5.26 Å². The lowest BCUT2D eigenvalue weighted by atomic mass is 10.4. The zero-order valence-electron chi connectivity index (χ0n) is 7.29. The number of hydrogen-bond donors (Lipinski definition) is 1. The standard InChI is InChI=1S/C7H4BrN7/c8-6-13-7(10)14-15(6)5-4(3-9)11-1-2-12-5/h1-2H,(H2,10,14). The van der Waals surface area contributed by atoms with Gasteiger partial charge in [0.2, 0.25) is 10.7 Å². The Kier molecular flexibility index (Phi) is 2.31. The molecule has 7 nitrogen and oxygen atoms in total. The van der Waals surface area contributed by atoms with Crippen molar-refractivity contribution >= 4 is 21.9 Å². The van der Waals surface area contributed by atoms with Crippen molar-refractivity contribution < 1.29 is 0 Å². The molecule has 0 saturated carbocycles. The largest absolute Gasteiger partial charge is 0.366 e. The highest BCUT2D eigenvalue weighted by Gasteiger charge is 2.12. The minimum Gasteiger partial charge on any atom is -0.366 e. The van der Waals surface area contributed by atoms with E-state index in [0.717, 1.165) is 0 Å². The number of nitrogens with two attached hydrogens (primary N) is 1. The maximum atomic E-state index is 8.82. The first-order chi connectivity index (χ1) is 7.22. The van der Waals surface area contributed by atoms with Crippen molar-refractivity contribution in [3.8, 4) is 11.9 Å². The van der Waals surface area contributed by atoms with Gasteiger partial charge in [0.05, 0.1) is 0 Å². The van der Waals surface area contributed by atoms with Gasteiger partial charge in [-0.1, -0.05) is 0 Å². The molecule has 0 unspecified atom stereocenters. The molecule has 0 aliphatic carbocycles. The van der Waals surface area contributed by atoms with Crippen molar-refractivity contribution in [2.24, 2.45) is 0 Å². The van der Waals surface area contributed by atoms with Crippen LogP contribution in [0.4, 0.5) is 5.95 Å². The van der Waals surface area contributed by atoms with E-state index < -0.39 is 0 Å². The smallest absolute Gasteiger partial charge is 0.241 e. The Morgan fingerprint density at radius 2 is 2.13 bits per heavy atom. The molecule has 0 aromatic carbocycles. The Labute approximate surface area is 92.7 Å². The molecule has 2 heterocycles. The monoisotopic (exact) mass is 265 g/mol. The minimum absolute atomic E-state index is 0.0939. The number of aromatic nitrogens is 5. The second-order valence-corrected chi connectivity index (χ2v) is 3.20. The van der Waals surface area contributed by atoms with E-state index in [1.54, 1.807) is 0 Å². The van der Waals surface area contributed by atoms with Crippen LogP contribution in [0, 0.1) is 11.3 Å². The number of nitrogen functional groups attached to an aromatic ring is 1. The van der Waals surface area contributed by atoms with E-state index in [4.69, 9.17) is 11.0 Å². The van der Waals surface area contributed by atoms with Crippen LogP contribution in [0.5, 0.6) is 0 Å². The van der Waals surface area contributed by atoms with Crippen molar-refractivity contribution in [2.75, 3.05) is 5.73 Å². The normalized spacial score (nSPS) is 9.87. The molecule has 0 spiro atoms. The predicted molar refractivity (Wildman–Crippen MR) is 53.8 cm³/mol. The van der Waals surface area contributed by atoms with Gasteiger partial charge in [-0.15, -0.1) is 5.10 Å². The Morgan fingerprint density at radius 1 is 1.40 bits per heavy atom. The van der Waals surface area contributed by atoms with E-state index in [-0.39, 0.29) is 17.5 Å². The molecule has 0 atom stereocenters. The maximum Gasteiger partial charge on any atom is 0.241 e. The molecule has 2 aromatic rings. The summed E-state index contributed by atoms with van der Waals surface area (Å²) in [6.45, 7) is 0. The minimum atomic E-state index is 0.0939. The highest BCUT2D eigenvalue weighted by molar-refractivity contribution is 9.10. The van der Waals surface area contributed by atoms with Crippen LogP contribution >= 0.6 is 15.9 Å². The van der Waals surface area contributed by atoms with Crippen LogP contribution in [0.25, 0.3) is 5.82 Å². The molecule has 0 bridgehead atoms. The summed E-state index contributed by atoms with van der Waals surface area (Å²) in [6, 6.07) is 1.91.